The van der Waals surface area contributed by atoms with Gasteiger partial charge in [-0.3, -0.25) is 0 Å². The molecule has 0 amide bonds. The summed E-state index contributed by atoms with van der Waals surface area (Å²) < 4.78 is 2.05. The van der Waals surface area contributed by atoms with E-state index < -0.39 is 0 Å². The smallest absolute Gasteiger partial charge is 0.106 e. The maximum absolute atomic E-state index is 8.86. The van der Waals surface area contributed by atoms with Crippen molar-refractivity contribution in [3.8, 4) is 0 Å². The van der Waals surface area contributed by atoms with Crippen LogP contribution in [-0.4, -0.2) is 21.3 Å². The summed E-state index contributed by atoms with van der Waals surface area (Å²) in [6.07, 6.45) is 0.581. The number of benzene rings is 1. The highest BCUT2D eigenvalue weighted by atomic mass is 16.3. The van der Waals surface area contributed by atoms with E-state index in [0.717, 1.165) is 22.4 Å². The van der Waals surface area contributed by atoms with Crippen LogP contribution in [0.15, 0.2) is 18.2 Å². The van der Waals surface area contributed by atoms with Crippen LogP contribution in [0.5, 0.6) is 0 Å². The number of aryl methyl sites for hydroxylation is 2. The van der Waals surface area contributed by atoms with E-state index in [4.69, 9.17) is 10.8 Å². The minimum absolute atomic E-state index is 0.112. The number of nitrogens with zero attached hydrogens (tertiary/aromatic N) is 2. The maximum Gasteiger partial charge on any atom is 0.106 e. The molecule has 4 heteroatoms. The molecule has 4 nitrogen and oxygen atoms in total. The average Bonchev–Trinajstić information content (AvgIpc) is 2.55. The lowest BCUT2D eigenvalue weighted by molar-refractivity contribution is 0.276. The van der Waals surface area contributed by atoms with E-state index in [1.165, 1.54) is 0 Å². The van der Waals surface area contributed by atoms with Crippen molar-refractivity contribution in [2.45, 2.75) is 19.4 Å². The Hall–Kier alpha value is -1.39. The van der Waals surface area contributed by atoms with Crippen molar-refractivity contribution in [3.05, 3.63) is 29.6 Å². The number of hydrogen-bond acceptors (Lipinski definition) is 3. The van der Waals surface area contributed by atoms with E-state index in [-0.39, 0.29) is 12.6 Å². The molecule has 0 aliphatic carbocycles. The summed E-state index contributed by atoms with van der Waals surface area (Å²) in [5.74, 6) is 0.989. The molecule has 0 fully saturated rings. The van der Waals surface area contributed by atoms with Crippen LogP contribution in [0.2, 0.25) is 0 Å². The molecule has 2 aromatic rings. The first-order valence-corrected chi connectivity index (χ1v) is 5.43. The Morgan fingerprint density at radius 1 is 1.50 bits per heavy atom. The van der Waals surface area contributed by atoms with Gasteiger partial charge in [0.2, 0.25) is 0 Å². The molecule has 2 rings (SSSR count). The molecule has 1 atom stereocenters. The number of aromatic nitrogens is 2. The number of imidazole rings is 1. The van der Waals surface area contributed by atoms with Gasteiger partial charge in [-0.05, 0) is 31.0 Å². The van der Waals surface area contributed by atoms with Gasteiger partial charge < -0.3 is 15.4 Å². The lowest BCUT2D eigenvalue weighted by atomic mass is 10.0. The average molecular weight is 219 g/mol. The van der Waals surface area contributed by atoms with Gasteiger partial charge in [0, 0.05) is 19.7 Å². The molecule has 86 valence electrons. The molecule has 0 saturated heterocycles. The van der Waals surface area contributed by atoms with Crippen molar-refractivity contribution in [3.63, 3.8) is 0 Å². The van der Waals surface area contributed by atoms with Crippen molar-refractivity contribution in [1.82, 2.24) is 9.55 Å². The van der Waals surface area contributed by atoms with Crippen LogP contribution in [0.4, 0.5) is 0 Å². The van der Waals surface area contributed by atoms with Crippen LogP contribution in [0.25, 0.3) is 11.0 Å². The molecule has 0 saturated carbocycles. The molecule has 1 unspecified atom stereocenters. The summed E-state index contributed by atoms with van der Waals surface area (Å²) in [6.45, 7) is 2.09. The Balaban J connectivity index is 2.44. The van der Waals surface area contributed by atoms with E-state index >= 15 is 0 Å². The van der Waals surface area contributed by atoms with Gasteiger partial charge in [0.1, 0.15) is 5.82 Å². The zero-order valence-electron chi connectivity index (χ0n) is 9.64. The van der Waals surface area contributed by atoms with Crippen molar-refractivity contribution in [1.29, 1.82) is 0 Å². The number of aliphatic hydroxyl groups excluding tert-OH is 1. The fourth-order valence-corrected chi connectivity index (χ4v) is 1.87. The number of rotatable bonds is 3. The first-order valence-electron chi connectivity index (χ1n) is 5.43. The molecule has 0 radical (unpaired) electrons. The highest BCUT2D eigenvalue weighted by Crippen LogP contribution is 2.20. The van der Waals surface area contributed by atoms with Crippen LogP contribution in [0, 0.1) is 6.92 Å². The van der Waals surface area contributed by atoms with Crippen molar-refractivity contribution in [2.75, 3.05) is 6.61 Å². The van der Waals surface area contributed by atoms with Crippen LogP contribution >= 0.6 is 0 Å². The third-order valence-electron chi connectivity index (χ3n) is 3.00. The summed E-state index contributed by atoms with van der Waals surface area (Å²) in [6, 6.07) is 5.92. The first kappa shape index (κ1) is 11.1. The Bertz CT molecular complexity index is 504. The summed E-state index contributed by atoms with van der Waals surface area (Å²) in [7, 11) is 2.00. The summed E-state index contributed by atoms with van der Waals surface area (Å²) in [5, 5.41) is 8.86. The predicted molar refractivity (Wildman–Crippen MR) is 64.1 cm³/mol. The van der Waals surface area contributed by atoms with Gasteiger partial charge in [-0.1, -0.05) is 6.07 Å². The fourth-order valence-electron chi connectivity index (χ4n) is 1.87. The minimum Gasteiger partial charge on any atom is -0.396 e. The summed E-state index contributed by atoms with van der Waals surface area (Å²) >= 11 is 0. The first-order chi connectivity index (χ1) is 7.63. The third kappa shape index (κ3) is 1.81. The van der Waals surface area contributed by atoms with E-state index in [2.05, 4.69) is 9.55 Å². The Morgan fingerprint density at radius 2 is 2.25 bits per heavy atom. The Kier molecular flexibility index (Phi) is 2.94. The highest BCUT2D eigenvalue weighted by Gasteiger charge is 2.09. The van der Waals surface area contributed by atoms with Gasteiger partial charge in [-0.25, -0.2) is 4.98 Å². The molecule has 0 aliphatic heterocycles. The van der Waals surface area contributed by atoms with E-state index in [1.54, 1.807) is 0 Å². The largest absolute Gasteiger partial charge is 0.396 e. The number of hydrogen-bond donors (Lipinski definition) is 2. The highest BCUT2D eigenvalue weighted by molar-refractivity contribution is 5.76. The second kappa shape index (κ2) is 4.23. The molecule has 1 heterocycles. The zero-order chi connectivity index (χ0) is 11.7. The van der Waals surface area contributed by atoms with Gasteiger partial charge in [0.15, 0.2) is 0 Å². The monoisotopic (exact) mass is 219 g/mol. The summed E-state index contributed by atoms with van der Waals surface area (Å²) in [4.78, 5) is 4.46. The molecule has 16 heavy (non-hydrogen) atoms. The van der Waals surface area contributed by atoms with Gasteiger partial charge in [-0.2, -0.15) is 0 Å². The topological polar surface area (TPSA) is 64.1 Å². The van der Waals surface area contributed by atoms with Crippen molar-refractivity contribution in [2.24, 2.45) is 12.8 Å². The number of fused-ring (bicyclic) bond motifs is 1. The molecular weight excluding hydrogens is 202 g/mol. The predicted octanol–water partition coefficient (Wildman–Crippen LogP) is 1.26. The minimum atomic E-state index is -0.114. The molecule has 1 aromatic heterocycles. The molecule has 3 N–H and O–H groups in total. The van der Waals surface area contributed by atoms with Crippen molar-refractivity contribution < 1.29 is 5.11 Å². The van der Waals surface area contributed by atoms with Crippen LogP contribution < -0.4 is 5.73 Å². The number of aliphatic hydroxyl groups is 1. The van der Waals surface area contributed by atoms with Gasteiger partial charge in [-0.15, -0.1) is 0 Å². The molecule has 0 bridgehead atoms. The Labute approximate surface area is 94.7 Å². The standard InChI is InChI=1S/C12H17N3O/c1-8-14-11-7-9(10(13)5-6-16)3-4-12(11)15(8)2/h3-4,7,10,16H,5-6,13H2,1-2H3. The van der Waals surface area contributed by atoms with E-state index in [0.29, 0.717) is 6.42 Å². The third-order valence-corrected chi connectivity index (χ3v) is 3.00. The molecule has 1 aromatic carbocycles. The normalized spacial score (nSPS) is 13.2. The quantitative estimate of drug-likeness (QED) is 0.817. The lowest BCUT2D eigenvalue weighted by Crippen LogP contribution is -2.11. The van der Waals surface area contributed by atoms with Gasteiger partial charge in [0.05, 0.1) is 11.0 Å². The second-order valence-electron chi connectivity index (χ2n) is 4.08. The van der Waals surface area contributed by atoms with Crippen LogP contribution in [0.1, 0.15) is 23.9 Å². The molecule has 0 aliphatic rings. The second-order valence-corrected chi connectivity index (χ2v) is 4.08. The SMILES string of the molecule is Cc1nc2cc(C(N)CCO)ccc2n1C. The lowest BCUT2D eigenvalue weighted by Gasteiger charge is -2.09. The Morgan fingerprint density at radius 3 is 2.94 bits per heavy atom. The maximum atomic E-state index is 8.86. The summed E-state index contributed by atoms with van der Waals surface area (Å²) in [5.41, 5.74) is 9.05. The van der Waals surface area contributed by atoms with E-state index in [1.807, 2.05) is 32.2 Å². The number of nitrogens with two attached hydrogens (primary N) is 1. The molecular formula is C12H17N3O. The van der Waals surface area contributed by atoms with Crippen molar-refractivity contribution >= 4 is 11.0 Å². The molecule has 0 spiro atoms. The van der Waals surface area contributed by atoms with Gasteiger partial charge in [0.25, 0.3) is 0 Å². The zero-order valence-corrected chi connectivity index (χ0v) is 9.64. The van der Waals surface area contributed by atoms with Gasteiger partial charge >= 0.3 is 0 Å². The fraction of sp³-hybridized carbons (Fsp3) is 0.417. The van der Waals surface area contributed by atoms with Crippen LogP contribution in [-0.2, 0) is 7.05 Å². The van der Waals surface area contributed by atoms with Crippen LogP contribution in [0.3, 0.4) is 0 Å². The van der Waals surface area contributed by atoms with E-state index in [9.17, 15) is 0 Å².